The minimum absolute atomic E-state index is 0. The zero-order valence-electron chi connectivity index (χ0n) is 14.2. The zero-order chi connectivity index (χ0) is 13.0. The molecule has 0 aromatic carbocycles. The van der Waals surface area contributed by atoms with Crippen LogP contribution in [0.3, 0.4) is 0 Å². The second-order valence-electron chi connectivity index (χ2n) is 6.34. The van der Waals surface area contributed by atoms with Gasteiger partial charge < -0.3 is 27.3 Å². The van der Waals surface area contributed by atoms with E-state index in [-0.39, 0.29) is 17.1 Å². The molecular formula is C15H41N3O2. The molecule has 0 saturated carbocycles. The maximum Gasteiger partial charge on any atom is 0.0780 e. The number of hydrogen-bond acceptors (Lipinski definition) is 3. The molecule has 0 spiro atoms. The van der Waals surface area contributed by atoms with Crippen LogP contribution in [0.5, 0.6) is 0 Å². The Bertz CT molecular complexity index is 162. The molecule has 0 fully saturated rings. The van der Waals surface area contributed by atoms with Crippen molar-refractivity contribution >= 4 is 0 Å². The summed E-state index contributed by atoms with van der Waals surface area (Å²) < 4.78 is 1.11. The monoisotopic (exact) mass is 295 g/mol. The van der Waals surface area contributed by atoms with Crippen LogP contribution in [-0.2, 0) is 0 Å². The van der Waals surface area contributed by atoms with E-state index < -0.39 is 0 Å². The molecule has 128 valence electrons. The fourth-order valence-corrected chi connectivity index (χ4v) is 2.14. The van der Waals surface area contributed by atoms with Crippen LogP contribution >= 0.6 is 0 Å². The number of quaternary nitrogens is 1. The van der Waals surface area contributed by atoms with E-state index in [1.165, 1.54) is 70.8 Å². The molecule has 8 N–H and O–H groups in total. The Morgan fingerprint density at radius 3 is 1.25 bits per heavy atom. The first kappa shape index (κ1) is 28.0. The quantitative estimate of drug-likeness (QED) is 0.425. The molecule has 0 aromatic heterocycles. The van der Waals surface area contributed by atoms with Gasteiger partial charge in [0.15, 0.2) is 0 Å². The van der Waals surface area contributed by atoms with Crippen LogP contribution in [-0.4, -0.2) is 49.7 Å². The highest BCUT2D eigenvalue weighted by Crippen LogP contribution is 2.10. The summed E-state index contributed by atoms with van der Waals surface area (Å²) in [6.45, 7) is 2.19. The van der Waals surface area contributed by atoms with E-state index in [1.807, 2.05) is 0 Å². The summed E-state index contributed by atoms with van der Waals surface area (Å²) in [4.78, 5) is 0. The topological polar surface area (TPSA) is 123 Å². The lowest BCUT2D eigenvalue weighted by molar-refractivity contribution is -0.870. The van der Waals surface area contributed by atoms with Crippen LogP contribution in [0.15, 0.2) is 0 Å². The van der Waals surface area contributed by atoms with E-state index in [4.69, 9.17) is 5.73 Å². The van der Waals surface area contributed by atoms with Crippen molar-refractivity contribution in [3.63, 3.8) is 0 Å². The number of nitrogens with zero attached hydrogens (tertiary/aromatic N) is 1. The average Bonchev–Trinajstić information content (AvgIpc) is 2.24. The molecule has 0 atom stereocenters. The van der Waals surface area contributed by atoms with Gasteiger partial charge in [0.2, 0.25) is 0 Å². The summed E-state index contributed by atoms with van der Waals surface area (Å²) in [7, 11) is 6.84. The van der Waals surface area contributed by atoms with Gasteiger partial charge in [-0.2, -0.15) is 0 Å². The van der Waals surface area contributed by atoms with E-state index in [0.717, 1.165) is 11.0 Å². The highest BCUT2D eigenvalue weighted by atomic mass is 16.0. The van der Waals surface area contributed by atoms with Crippen molar-refractivity contribution in [1.82, 2.24) is 6.15 Å². The molecule has 0 bridgehead atoms. The zero-order valence-corrected chi connectivity index (χ0v) is 14.2. The van der Waals surface area contributed by atoms with Crippen LogP contribution in [0.2, 0.25) is 0 Å². The SMILES string of the molecule is C[N+](C)(C)CCCCCCCCCCCCN.N.O.[OH-]. The third-order valence-corrected chi connectivity index (χ3v) is 3.28. The molecule has 0 heterocycles. The van der Waals surface area contributed by atoms with Gasteiger partial charge >= 0.3 is 0 Å². The van der Waals surface area contributed by atoms with Crippen molar-refractivity contribution in [3.05, 3.63) is 0 Å². The van der Waals surface area contributed by atoms with Crippen molar-refractivity contribution in [3.8, 4) is 0 Å². The average molecular weight is 296 g/mol. The molecule has 5 nitrogen and oxygen atoms in total. The molecule has 0 unspecified atom stereocenters. The van der Waals surface area contributed by atoms with Gasteiger partial charge in [-0.25, -0.2) is 0 Å². The number of hydrogen-bond donors (Lipinski definition) is 2. The lowest BCUT2D eigenvalue weighted by atomic mass is 10.1. The van der Waals surface area contributed by atoms with Crippen LogP contribution in [0.1, 0.15) is 64.2 Å². The highest BCUT2D eigenvalue weighted by molar-refractivity contribution is 4.48. The van der Waals surface area contributed by atoms with Crippen molar-refractivity contribution < 1.29 is 15.4 Å². The summed E-state index contributed by atoms with van der Waals surface area (Å²) in [6, 6.07) is 0. The van der Waals surface area contributed by atoms with Crippen molar-refractivity contribution in [2.75, 3.05) is 34.2 Å². The normalized spacial score (nSPS) is 10.2. The van der Waals surface area contributed by atoms with Crippen LogP contribution in [0.25, 0.3) is 0 Å². The number of nitrogens with two attached hydrogens (primary N) is 1. The van der Waals surface area contributed by atoms with Gasteiger partial charge in [0.25, 0.3) is 0 Å². The standard InChI is InChI=1S/C15H35N2.H3N.2H2O/c1-17(2,3)15-13-11-9-7-5-4-6-8-10-12-14-16;;;/h4-16H2,1-3H3;1H3;2*1H2/q+1;;;/p-1. The van der Waals surface area contributed by atoms with Crippen molar-refractivity contribution in [2.45, 2.75) is 64.2 Å². The Morgan fingerprint density at radius 2 is 0.950 bits per heavy atom. The van der Waals surface area contributed by atoms with E-state index >= 15 is 0 Å². The Hall–Kier alpha value is -0.200. The van der Waals surface area contributed by atoms with Gasteiger partial charge in [0, 0.05) is 0 Å². The number of unbranched alkanes of at least 4 members (excludes halogenated alkanes) is 9. The molecular weight excluding hydrogens is 254 g/mol. The predicted molar refractivity (Wildman–Crippen MR) is 88.7 cm³/mol. The molecule has 20 heavy (non-hydrogen) atoms. The third kappa shape index (κ3) is 26.4. The summed E-state index contributed by atoms with van der Waals surface area (Å²) in [5.41, 5.74) is 5.47. The molecule has 0 rings (SSSR count). The number of rotatable bonds is 12. The minimum atomic E-state index is 0. The largest absolute Gasteiger partial charge is 0.870 e. The van der Waals surface area contributed by atoms with Gasteiger partial charge in [-0.15, -0.1) is 0 Å². The predicted octanol–water partition coefficient (Wildman–Crippen LogP) is 2.71. The molecule has 0 aliphatic heterocycles. The first-order valence-electron chi connectivity index (χ1n) is 7.57. The summed E-state index contributed by atoms with van der Waals surface area (Å²) in [5.74, 6) is 0. The Labute approximate surface area is 126 Å². The first-order chi connectivity index (χ1) is 8.06. The second kappa shape index (κ2) is 18.8. The molecule has 0 radical (unpaired) electrons. The van der Waals surface area contributed by atoms with E-state index in [2.05, 4.69) is 21.1 Å². The molecule has 0 aliphatic rings. The van der Waals surface area contributed by atoms with E-state index in [0.29, 0.717) is 0 Å². The summed E-state index contributed by atoms with van der Waals surface area (Å²) in [5, 5.41) is 0. The minimum Gasteiger partial charge on any atom is -0.870 e. The summed E-state index contributed by atoms with van der Waals surface area (Å²) >= 11 is 0. The van der Waals surface area contributed by atoms with Gasteiger partial charge in [0.1, 0.15) is 0 Å². The van der Waals surface area contributed by atoms with Crippen LogP contribution in [0.4, 0.5) is 0 Å². The molecule has 0 amide bonds. The smallest absolute Gasteiger partial charge is 0.0780 e. The van der Waals surface area contributed by atoms with Crippen molar-refractivity contribution in [1.29, 1.82) is 0 Å². The van der Waals surface area contributed by atoms with Gasteiger partial charge in [-0.1, -0.05) is 44.9 Å². The Morgan fingerprint density at radius 1 is 0.650 bits per heavy atom. The lowest BCUT2D eigenvalue weighted by Gasteiger charge is -2.23. The molecule has 0 saturated heterocycles. The third-order valence-electron chi connectivity index (χ3n) is 3.28. The van der Waals surface area contributed by atoms with Gasteiger partial charge in [-0.05, 0) is 25.8 Å². The van der Waals surface area contributed by atoms with E-state index in [1.54, 1.807) is 0 Å². The summed E-state index contributed by atoms with van der Waals surface area (Å²) in [6.07, 6.45) is 13.9. The molecule has 5 heteroatoms. The fraction of sp³-hybridized carbons (Fsp3) is 1.00. The van der Waals surface area contributed by atoms with Gasteiger partial charge in [0.05, 0.1) is 27.7 Å². The maximum absolute atomic E-state index is 5.47. The van der Waals surface area contributed by atoms with E-state index in [9.17, 15) is 0 Å². The maximum atomic E-state index is 5.47. The lowest BCUT2D eigenvalue weighted by Crippen LogP contribution is -2.35. The highest BCUT2D eigenvalue weighted by Gasteiger charge is 2.04. The first-order valence-corrected chi connectivity index (χ1v) is 7.57. The van der Waals surface area contributed by atoms with Crippen molar-refractivity contribution in [2.24, 2.45) is 5.73 Å². The molecule has 0 aromatic rings. The Balaban J connectivity index is -0.000000427. The fourth-order valence-electron chi connectivity index (χ4n) is 2.14. The van der Waals surface area contributed by atoms with Gasteiger partial charge in [-0.3, -0.25) is 0 Å². The molecule has 0 aliphatic carbocycles. The Kier molecular flexibility index (Phi) is 26.4. The van der Waals surface area contributed by atoms with Crippen LogP contribution in [0, 0.1) is 0 Å². The second-order valence-corrected chi connectivity index (χ2v) is 6.34. The van der Waals surface area contributed by atoms with Crippen LogP contribution < -0.4 is 11.9 Å².